The molecule has 0 aliphatic carbocycles. The van der Waals surface area contributed by atoms with Crippen molar-refractivity contribution in [3.05, 3.63) is 11.1 Å². The van der Waals surface area contributed by atoms with Crippen LogP contribution < -0.4 is 0 Å². The molecular formula is C15H26N4OS2. The smallest absolute Gasteiger partial charge is 0.273 e. The van der Waals surface area contributed by atoms with E-state index in [2.05, 4.69) is 28.6 Å². The number of amides is 1. The van der Waals surface area contributed by atoms with Crippen molar-refractivity contribution in [1.29, 1.82) is 0 Å². The van der Waals surface area contributed by atoms with Crippen molar-refractivity contribution in [2.45, 2.75) is 18.2 Å². The summed E-state index contributed by atoms with van der Waals surface area (Å²) in [6.07, 6.45) is 1.99. The number of hydrogen-bond acceptors (Lipinski definition) is 6. The molecule has 2 rings (SSSR count). The lowest BCUT2D eigenvalue weighted by Gasteiger charge is -2.35. The number of likely N-dealkylation sites (N-methyl/N-ethyl adjacent to an activating group) is 1. The second-order valence-electron chi connectivity index (χ2n) is 5.36. The van der Waals surface area contributed by atoms with E-state index in [0.717, 1.165) is 56.7 Å². The predicted molar refractivity (Wildman–Crippen MR) is 94.0 cm³/mol. The van der Waals surface area contributed by atoms with E-state index in [1.807, 2.05) is 16.5 Å². The lowest BCUT2D eigenvalue weighted by atomic mass is 10.3. The van der Waals surface area contributed by atoms with E-state index in [9.17, 15) is 4.79 Å². The van der Waals surface area contributed by atoms with Gasteiger partial charge in [0.2, 0.25) is 0 Å². The molecule has 1 aromatic heterocycles. The van der Waals surface area contributed by atoms with Gasteiger partial charge in [0.1, 0.15) is 10.0 Å². The van der Waals surface area contributed by atoms with E-state index in [0.29, 0.717) is 5.69 Å². The van der Waals surface area contributed by atoms with Crippen molar-refractivity contribution < 1.29 is 4.79 Å². The zero-order valence-electron chi connectivity index (χ0n) is 13.7. The second-order valence-corrected chi connectivity index (χ2v) is 7.27. The summed E-state index contributed by atoms with van der Waals surface area (Å²) in [7, 11) is 0. The third-order valence-electron chi connectivity index (χ3n) is 4.16. The second kappa shape index (κ2) is 8.86. The lowest BCUT2D eigenvalue weighted by molar-refractivity contribution is 0.0619. The number of aromatic nitrogens is 1. The number of hydrogen-bond donors (Lipinski definition) is 0. The van der Waals surface area contributed by atoms with Crippen LogP contribution in [0.5, 0.6) is 0 Å². The van der Waals surface area contributed by atoms with Crippen LogP contribution in [-0.4, -0.2) is 84.2 Å². The van der Waals surface area contributed by atoms with Crippen molar-refractivity contribution in [3.63, 3.8) is 0 Å². The van der Waals surface area contributed by atoms with Crippen LogP contribution in [0.2, 0.25) is 0 Å². The number of thioether (sulfide) groups is 1. The van der Waals surface area contributed by atoms with Gasteiger partial charge in [-0.15, -0.1) is 11.3 Å². The molecule has 0 bridgehead atoms. The summed E-state index contributed by atoms with van der Waals surface area (Å²) in [6.45, 7) is 12.4. The van der Waals surface area contributed by atoms with Gasteiger partial charge in [0.25, 0.3) is 5.91 Å². The van der Waals surface area contributed by atoms with E-state index in [4.69, 9.17) is 0 Å². The van der Waals surface area contributed by atoms with Gasteiger partial charge in [0.05, 0.1) is 0 Å². The van der Waals surface area contributed by atoms with Gasteiger partial charge in [-0.25, -0.2) is 4.98 Å². The summed E-state index contributed by atoms with van der Waals surface area (Å²) in [4.78, 5) is 23.6. The van der Waals surface area contributed by atoms with E-state index < -0.39 is 0 Å². The van der Waals surface area contributed by atoms with Gasteiger partial charge in [0.15, 0.2) is 0 Å². The quantitative estimate of drug-likeness (QED) is 0.709. The van der Waals surface area contributed by atoms with E-state index in [1.165, 1.54) is 0 Å². The van der Waals surface area contributed by atoms with Crippen LogP contribution in [-0.2, 0) is 0 Å². The lowest BCUT2D eigenvalue weighted by Crippen LogP contribution is -2.50. The summed E-state index contributed by atoms with van der Waals surface area (Å²) in [5, 5.41) is 1.88. The molecule has 0 atom stereocenters. The molecule has 22 heavy (non-hydrogen) atoms. The summed E-state index contributed by atoms with van der Waals surface area (Å²) in [6, 6.07) is 0. The average molecular weight is 343 g/mol. The van der Waals surface area contributed by atoms with Gasteiger partial charge in [-0.3, -0.25) is 9.69 Å². The normalized spacial score (nSPS) is 16.5. The molecule has 1 aliphatic heterocycles. The molecule has 5 nitrogen and oxygen atoms in total. The van der Waals surface area contributed by atoms with Crippen molar-refractivity contribution in [3.8, 4) is 0 Å². The highest BCUT2D eigenvalue weighted by molar-refractivity contribution is 8.00. The summed E-state index contributed by atoms with van der Waals surface area (Å²) in [5.41, 5.74) is 0.603. The monoisotopic (exact) mass is 342 g/mol. The highest BCUT2D eigenvalue weighted by Crippen LogP contribution is 2.21. The number of rotatable bonds is 7. The first kappa shape index (κ1) is 17.7. The van der Waals surface area contributed by atoms with Gasteiger partial charge in [-0.1, -0.05) is 25.6 Å². The Labute approximate surface area is 141 Å². The molecular weight excluding hydrogens is 316 g/mol. The first-order chi connectivity index (χ1) is 10.7. The predicted octanol–water partition coefficient (Wildman–Crippen LogP) is 1.96. The Balaban J connectivity index is 1.78. The van der Waals surface area contributed by atoms with Crippen molar-refractivity contribution >= 4 is 29.0 Å². The van der Waals surface area contributed by atoms with Crippen LogP contribution in [0.3, 0.4) is 0 Å². The highest BCUT2D eigenvalue weighted by atomic mass is 32.2. The molecule has 0 radical (unpaired) electrons. The van der Waals surface area contributed by atoms with Crippen LogP contribution in [0.15, 0.2) is 9.72 Å². The molecule has 1 aliphatic rings. The van der Waals surface area contributed by atoms with Gasteiger partial charge < -0.3 is 9.80 Å². The van der Waals surface area contributed by atoms with Crippen LogP contribution in [0.4, 0.5) is 0 Å². The van der Waals surface area contributed by atoms with Gasteiger partial charge in [0, 0.05) is 44.6 Å². The fourth-order valence-corrected chi connectivity index (χ4v) is 3.84. The maximum atomic E-state index is 12.4. The average Bonchev–Trinajstić information content (AvgIpc) is 3.05. The molecule has 1 saturated heterocycles. The fraction of sp³-hybridized carbons (Fsp3) is 0.733. The molecule has 0 N–H and O–H groups in total. The Morgan fingerprint density at radius 3 is 2.55 bits per heavy atom. The fourth-order valence-electron chi connectivity index (χ4n) is 2.61. The number of thiazole rings is 1. The van der Waals surface area contributed by atoms with Gasteiger partial charge >= 0.3 is 0 Å². The Hall–Kier alpha value is -0.630. The van der Waals surface area contributed by atoms with E-state index in [1.54, 1.807) is 23.1 Å². The van der Waals surface area contributed by atoms with E-state index in [-0.39, 0.29) is 5.91 Å². The third kappa shape index (κ3) is 4.68. The maximum Gasteiger partial charge on any atom is 0.273 e. The minimum absolute atomic E-state index is 0.0833. The first-order valence-electron chi connectivity index (χ1n) is 7.91. The standard InChI is InChI=1S/C15H26N4OS2/c1-4-17(5-2)6-7-18-8-10-19(11-9-18)14(20)13-12-22-15(16-13)21-3/h12H,4-11H2,1-3H3. The molecule has 0 aromatic carbocycles. The Morgan fingerprint density at radius 1 is 1.32 bits per heavy atom. The van der Waals surface area contributed by atoms with Crippen molar-refractivity contribution in [1.82, 2.24) is 19.7 Å². The number of piperazine rings is 1. The third-order valence-corrected chi connectivity index (χ3v) is 6.03. The SMILES string of the molecule is CCN(CC)CCN1CCN(C(=O)c2csc(SC)n2)CC1. The Bertz CT molecular complexity index is 468. The van der Waals surface area contributed by atoms with E-state index >= 15 is 0 Å². The molecule has 1 aromatic rings. The molecule has 2 heterocycles. The van der Waals surface area contributed by atoms with Crippen LogP contribution in [0.1, 0.15) is 24.3 Å². The molecule has 0 spiro atoms. The number of carbonyl (C=O) groups excluding carboxylic acids is 1. The molecule has 1 amide bonds. The molecule has 7 heteroatoms. The minimum Gasteiger partial charge on any atom is -0.335 e. The molecule has 124 valence electrons. The van der Waals surface area contributed by atoms with Gasteiger partial charge in [-0.2, -0.15) is 0 Å². The van der Waals surface area contributed by atoms with Crippen LogP contribution >= 0.6 is 23.1 Å². The topological polar surface area (TPSA) is 39.7 Å². The molecule has 0 saturated carbocycles. The van der Waals surface area contributed by atoms with Crippen molar-refractivity contribution in [2.75, 3.05) is 58.6 Å². The van der Waals surface area contributed by atoms with Crippen LogP contribution in [0, 0.1) is 0 Å². The largest absolute Gasteiger partial charge is 0.335 e. The Morgan fingerprint density at radius 2 is 2.00 bits per heavy atom. The number of carbonyl (C=O) groups is 1. The Kier molecular flexibility index (Phi) is 7.14. The zero-order valence-corrected chi connectivity index (χ0v) is 15.4. The van der Waals surface area contributed by atoms with Gasteiger partial charge in [-0.05, 0) is 19.3 Å². The summed E-state index contributed by atoms with van der Waals surface area (Å²) < 4.78 is 0.959. The first-order valence-corrected chi connectivity index (χ1v) is 10.0. The summed E-state index contributed by atoms with van der Waals surface area (Å²) >= 11 is 3.14. The molecule has 0 unspecified atom stereocenters. The maximum absolute atomic E-state index is 12.4. The summed E-state index contributed by atoms with van der Waals surface area (Å²) in [5.74, 6) is 0.0833. The van der Waals surface area contributed by atoms with Crippen LogP contribution in [0.25, 0.3) is 0 Å². The number of nitrogens with zero attached hydrogens (tertiary/aromatic N) is 4. The zero-order chi connectivity index (χ0) is 15.9. The molecule has 1 fully saturated rings. The highest BCUT2D eigenvalue weighted by Gasteiger charge is 2.23. The van der Waals surface area contributed by atoms with Crippen molar-refractivity contribution in [2.24, 2.45) is 0 Å². The minimum atomic E-state index is 0.0833.